The Balaban J connectivity index is 2.12. The number of fused-ring (bicyclic) bond motifs is 1. The molecule has 3 N–H and O–H groups in total. The lowest BCUT2D eigenvalue weighted by atomic mass is 9.65. The van der Waals surface area contributed by atoms with E-state index in [2.05, 4.69) is 10.6 Å². The number of nitrogens with zero attached hydrogens (tertiary/aromatic N) is 1. The summed E-state index contributed by atoms with van der Waals surface area (Å²) in [4.78, 5) is 41.1. The zero-order chi connectivity index (χ0) is 21.1. The van der Waals surface area contributed by atoms with Crippen molar-refractivity contribution in [3.05, 3.63) is 0 Å². The normalized spacial score (nSPS) is 37.8. The summed E-state index contributed by atoms with van der Waals surface area (Å²) in [7, 11) is 1.56. The molecule has 8 nitrogen and oxygen atoms in total. The maximum atomic E-state index is 13.5. The molecule has 1 spiro atoms. The summed E-state index contributed by atoms with van der Waals surface area (Å²) in [5.41, 5.74) is -2.25. The molecule has 158 valence electrons. The Hall–Kier alpha value is -1.67. The monoisotopic (exact) mass is 395 g/mol. The Morgan fingerprint density at radius 3 is 2.46 bits per heavy atom. The van der Waals surface area contributed by atoms with Crippen molar-refractivity contribution in [2.75, 3.05) is 13.7 Å². The fourth-order valence-electron chi connectivity index (χ4n) is 5.51. The van der Waals surface area contributed by atoms with E-state index in [1.807, 2.05) is 27.7 Å². The number of rotatable bonds is 5. The molecule has 3 heterocycles. The smallest absolute Gasteiger partial charge is 0.246 e. The number of nitrogens with one attached hydrogen (secondary N) is 2. The van der Waals surface area contributed by atoms with Crippen LogP contribution in [0.3, 0.4) is 0 Å². The minimum Gasteiger partial charge on any atom is -0.394 e. The van der Waals surface area contributed by atoms with E-state index in [0.717, 1.165) is 0 Å². The number of aliphatic hydroxyl groups excluding tert-OH is 1. The van der Waals surface area contributed by atoms with Gasteiger partial charge in [-0.1, -0.05) is 6.92 Å². The van der Waals surface area contributed by atoms with Crippen LogP contribution < -0.4 is 10.6 Å². The highest BCUT2D eigenvalue weighted by Gasteiger charge is 2.78. The Bertz CT molecular complexity index is 690. The summed E-state index contributed by atoms with van der Waals surface area (Å²) < 4.78 is 6.53. The van der Waals surface area contributed by atoms with Crippen molar-refractivity contribution >= 4 is 17.7 Å². The van der Waals surface area contributed by atoms with Crippen LogP contribution in [0, 0.1) is 11.8 Å². The molecule has 3 aliphatic rings. The van der Waals surface area contributed by atoms with Crippen LogP contribution in [0.25, 0.3) is 0 Å². The fourth-order valence-corrected chi connectivity index (χ4v) is 5.51. The highest BCUT2D eigenvalue weighted by atomic mass is 16.5. The van der Waals surface area contributed by atoms with Crippen LogP contribution in [-0.4, -0.2) is 70.2 Å². The lowest BCUT2D eigenvalue weighted by Crippen LogP contribution is -2.60. The topological polar surface area (TPSA) is 108 Å². The summed E-state index contributed by atoms with van der Waals surface area (Å²) in [6.07, 6.45) is 1.77. The van der Waals surface area contributed by atoms with Gasteiger partial charge in [0.25, 0.3) is 0 Å². The summed E-state index contributed by atoms with van der Waals surface area (Å²) in [6.45, 7) is 9.04. The summed E-state index contributed by atoms with van der Waals surface area (Å²) in [5, 5.41) is 15.4. The van der Waals surface area contributed by atoms with Crippen LogP contribution in [0.2, 0.25) is 0 Å². The largest absolute Gasteiger partial charge is 0.394 e. The third kappa shape index (κ3) is 2.76. The number of hydrogen-bond acceptors (Lipinski definition) is 5. The average Bonchev–Trinajstić information content (AvgIpc) is 3.22. The van der Waals surface area contributed by atoms with Gasteiger partial charge in [0.15, 0.2) is 0 Å². The van der Waals surface area contributed by atoms with Gasteiger partial charge in [-0.05, 0) is 47.0 Å². The predicted molar refractivity (Wildman–Crippen MR) is 102 cm³/mol. The molecule has 2 unspecified atom stereocenters. The molecule has 3 amide bonds. The van der Waals surface area contributed by atoms with Gasteiger partial charge in [0.1, 0.15) is 11.6 Å². The molecule has 3 fully saturated rings. The van der Waals surface area contributed by atoms with Crippen molar-refractivity contribution < 1.29 is 24.2 Å². The van der Waals surface area contributed by atoms with Gasteiger partial charge in [-0.25, -0.2) is 0 Å². The van der Waals surface area contributed by atoms with Gasteiger partial charge in [-0.3, -0.25) is 14.4 Å². The van der Waals surface area contributed by atoms with Gasteiger partial charge in [0, 0.05) is 12.6 Å². The molecule has 0 aliphatic carbocycles. The van der Waals surface area contributed by atoms with E-state index in [1.165, 1.54) is 4.90 Å². The van der Waals surface area contributed by atoms with Crippen molar-refractivity contribution in [1.82, 2.24) is 15.5 Å². The Morgan fingerprint density at radius 2 is 1.96 bits per heavy atom. The van der Waals surface area contributed by atoms with Crippen molar-refractivity contribution in [3.8, 4) is 0 Å². The van der Waals surface area contributed by atoms with Gasteiger partial charge in [-0.2, -0.15) is 0 Å². The molecule has 6 atom stereocenters. The number of hydrogen-bond donors (Lipinski definition) is 3. The van der Waals surface area contributed by atoms with Crippen LogP contribution in [0.1, 0.15) is 53.9 Å². The zero-order valence-corrected chi connectivity index (χ0v) is 17.7. The molecule has 3 aliphatic heterocycles. The maximum Gasteiger partial charge on any atom is 0.246 e. The molecule has 0 aromatic carbocycles. The van der Waals surface area contributed by atoms with Crippen LogP contribution >= 0.6 is 0 Å². The van der Waals surface area contributed by atoms with E-state index in [-0.39, 0.29) is 24.3 Å². The SMILES string of the molecule is CC[C@@]12CCC3(O1)C(C(=O)NC(C)(C)C)N([C@H](C)CO)C(=O)[C@@H]3[C@@H]2C(=O)NC. The third-order valence-electron chi connectivity index (χ3n) is 6.63. The fraction of sp³-hybridized carbons (Fsp3) is 0.850. The van der Waals surface area contributed by atoms with Gasteiger partial charge in [-0.15, -0.1) is 0 Å². The van der Waals surface area contributed by atoms with Crippen molar-refractivity contribution in [1.29, 1.82) is 0 Å². The lowest BCUT2D eigenvalue weighted by Gasteiger charge is -2.37. The molecular formula is C20H33N3O5. The molecule has 3 saturated heterocycles. The van der Waals surface area contributed by atoms with Crippen LogP contribution in [-0.2, 0) is 19.1 Å². The molecule has 8 heteroatoms. The highest BCUT2D eigenvalue weighted by Crippen LogP contribution is 2.64. The Morgan fingerprint density at radius 1 is 1.32 bits per heavy atom. The first kappa shape index (κ1) is 21.0. The number of carbonyl (C=O) groups is 3. The molecule has 2 bridgehead atoms. The lowest BCUT2D eigenvalue weighted by molar-refractivity contribution is -0.151. The minimum absolute atomic E-state index is 0.227. The Labute approximate surface area is 166 Å². The standard InChI is InChI=1S/C20H33N3O5/c1-7-19-8-9-20(28-19)13(12(19)15(25)21-6)17(27)23(11(2)10-24)14(20)16(26)22-18(3,4)5/h11-14,24H,7-10H2,1-6H3,(H,21,25)(H,22,26)/t11-,12-,13+,14?,19+,20?/m1/s1. The molecule has 28 heavy (non-hydrogen) atoms. The quantitative estimate of drug-likeness (QED) is 0.616. The molecule has 0 radical (unpaired) electrons. The Kier molecular flexibility index (Phi) is 5.03. The van der Waals surface area contributed by atoms with Crippen LogP contribution in [0.15, 0.2) is 0 Å². The number of carbonyl (C=O) groups excluding carboxylic acids is 3. The van der Waals surface area contributed by atoms with Gasteiger partial charge < -0.3 is 25.4 Å². The first-order valence-electron chi connectivity index (χ1n) is 10.1. The van der Waals surface area contributed by atoms with Crippen molar-refractivity contribution in [2.24, 2.45) is 11.8 Å². The van der Waals surface area contributed by atoms with E-state index < -0.39 is 40.7 Å². The van der Waals surface area contributed by atoms with Gasteiger partial charge in [0.2, 0.25) is 17.7 Å². The van der Waals surface area contributed by atoms with Gasteiger partial charge in [0.05, 0.1) is 30.1 Å². The first-order valence-corrected chi connectivity index (χ1v) is 10.1. The molecular weight excluding hydrogens is 362 g/mol. The number of ether oxygens (including phenoxy) is 1. The second-order valence-corrected chi connectivity index (χ2v) is 9.46. The molecule has 0 saturated carbocycles. The summed E-state index contributed by atoms with van der Waals surface area (Å²) in [5.74, 6) is -2.15. The van der Waals surface area contributed by atoms with E-state index in [1.54, 1.807) is 14.0 Å². The molecule has 3 rings (SSSR count). The number of amides is 3. The van der Waals surface area contributed by atoms with Crippen molar-refractivity contribution in [3.63, 3.8) is 0 Å². The minimum atomic E-state index is -1.04. The van der Waals surface area contributed by atoms with Crippen molar-refractivity contribution in [2.45, 2.75) is 82.7 Å². The number of likely N-dealkylation sites (tertiary alicyclic amines) is 1. The second kappa shape index (κ2) is 6.69. The maximum absolute atomic E-state index is 13.5. The molecule has 0 aromatic heterocycles. The second-order valence-electron chi connectivity index (χ2n) is 9.46. The number of aliphatic hydroxyl groups is 1. The average molecular weight is 396 g/mol. The van der Waals surface area contributed by atoms with Gasteiger partial charge >= 0.3 is 0 Å². The van der Waals surface area contributed by atoms with E-state index in [0.29, 0.717) is 19.3 Å². The first-order chi connectivity index (χ1) is 13.0. The zero-order valence-electron chi connectivity index (χ0n) is 17.7. The summed E-state index contributed by atoms with van der Waals surface area (Å²) in [6, 6.07) is -1.41. The van der Waals surface area contributed by atoms with Crippen LogP contribution in [0.4, 0.5) is 0 Å². The molecule has 0 aromatic rings. The summed E-state index contributed by atoms with van der Waals surface area (Å²) >= 11 is 0. The third-order valence-corrected chi connectivity index (χ3v) is 6.63. The highest BCUT2D eigenvalue weighted by molar-refractivity contribution is 5.99. The van der Waals surface area contributed by atoms with E-state index in [4.69, 9.17) is 4.74 Å². The van der Waals surface area contributed by atoms with Crippen LogP contribution in [0.5, 0.6) is 0 Å². The van der Waals surface area contributed by atoms with E-state index in [9.17, 15) is 19.5 Å². The van der Waals surface area contributed by atoms with E-state index >= 15 is 0 Å². The predicted octanol–water partition coefficient (Wildman–Crippen LogP) is 0.183.